The maximum absolute atomic E-state index is 12.0. The van der Waals surface area contributed by atoms with E-state index in [0.717, 1.165) is 12.8 Å². The summed E-state index contributed by atoms with van der Waals surface area (Å²) in [6.45, 7) is 3.64. The van der Waals surface area contributed by atoms with Gasteiger partial charge in [0.1, 0.15) is 10.0 Å². The average Bonchev–Trinajstić information content (AvgIpc) is 2.40. The number of aromatic nitrogens is 1. The summed E-state index contributed by atoms with van der Waals surface area (Å²) in [7, 11) is -3.64. The molecule has 0 radical (unpaired) electrons. The molecule has 0 saturated heterocycles. The third-order valence-electron chi connectivity index (χ3n) is 2.46. The van der Waals surface area contributed by atoms with Crippen LogP contribution in [0.3, 0.4) is 0 Å². The zero-order chi connectivity index (χ0) is 15.0. The van der Waals surface area contributed by atoms with Crippen LogP contribution >= 0.6 is 27.5 Å². The number of rotatable bonds is 9. The van der Waals surface area contributed by atoms with Crippen LogP contribution in [0.15, 0.2) is 21.6 Å². The molecule has 0 spiro atoms. The molecule has 0 bridgehead atoms. The molecule has 0 aliphatic rings. The Labute approximate surface area is 133 Å². The van der Waals surface area contributed by atoms with Crippen molar-refractivity contribution in [1.29, 1.82) is 0 Å². The Hall–Kier alpha value is -0.210. The lowest BCUT2D eigenvalue weighted by atomic mass is 10.4. The number of sulfonamides is 1. The second-order valence-electron chi connectivity index (χ2n) is 4.16. The Morgan fingerprint density at radius 2 is 2.10 bits per heavy atom. The SMILES string of the molecule is CCCCOCCCNS(=O)(=O)c1cc(Br)cnc1Cl. The summed E-state index contributed by atoms with van der Waals surface area (Å²) in [6.07, 6.45) is 4.16. The first-order chi connectivity index (χ1) is 9.47. The molecule has 0 fully saturated rings. The highest BCUT2D eigenvalue weighted by atomic mass is 79.9. The molecule has 5 nitrogen and oxygen atoms in total. The normalized spacial score (nSPS) is 11.8. The van der Waals surface area contributed by atoms with Gasteiger partial charge in [-0.1, -0.05) is 24.9 Å². The summed E-state index contributed by atoms with van der Waals surface area (Å²) in [5.74, 6) is 0. The summed E-state index contributed by atoms with van der Waals surface area (Å²) >= 11 is 8.97. The topological polar surface area (TPSA) is 68.3 Å². The number of pyridine rings is 1. The molecule has 0 atom stereocenters. The number of nitrogens with zero attached hydrogens (tertiary/aromatic N) is 1. The molecule has 1 aromatic rings. The van der Waals surface area contributed by atoms with Crippen LogP contribution < -0.4 is 4.72 Å². The van der Waals surface area contributed by atoms with Crippen LogP contribution in [0.25, 0.3) is 0 Å². The van der Waals surface area contributed by atoms with Crippen LogP contribution in [0.1, 0.15) is 26.2 Å². The standard InChI is InChI=1S/C12H18BrClN2O3S/c1-2-3-6-19-7-4-5-16-20(17,18)11-8-10(13)9-15-12(11)14/h8-9,16H,2-7H2,1H3. The van der Waals surface area contributed by atoms with Crippen LogP contribution in [-0.2, 0) is 14.8 Å². The molecule has 0 aliphatic carbocycles. The lowest BCUT2D eigenvalue weighted by Gasteiger charge is -2.08. The minimum atomic E-state index is -3.64. The first-order valence-corrected chi connectivity index (χ1v) is 9.01. The summed E-state index contributed by atoms with van der Waals surface area (Å²) in [6, 6.07) is 1.43. The van der Waals surface area contributed by atoms with Crippen molar-refractivity contribution in [3.63, 3.8) is 0 Å². The molecule has 1 aromatic heterocycles. The van der Waals surface area contributed by atoms with Gasteiger partial charge in [0.05, 0.1) is 0 Å². The largest absolute Gasteiger partial charge is 0.381 e. The lowest BCUT2D eigenvalue weighted by Crippen LogP contribution is -2.26. The average molecular weight is 386 g/mol. The van der Waals surface area contributed by atoms with Gasteiger partial charge in [0.15, 0.2) is 0 Å². The van der Waals surface area contributed by atoms with Crippen molar-refractivity contribution < 1.29 is 13.2 Å². The van der Waals surface area contributed by atoms with Gasteiger partial charge in [-0.3, -0.25) is 0 Å². The molecule has 8 heteroatoms. The van der Waals surface area contributed by atoms with Crippen LogP contribution in [0.4, 0.5) is 0 Å². The van der Waals surface area contributed by atoms with E-state index in [-0.39, 0.29) is 10.0 Å². The summed E-state index contributed by atoms with van der Waals surface area (Å²) < 4.78 is 32.5. The second-order valence-corrected chi connectivity index (χ2v) is 7.17. The molecule has 20 heavy (non-hydrogen) atoms. The van der Waals surface area contributed by atoms with E-state index in [0.29, 0.717) is 30.7 Å². The molecule has 0 aromatic carbocycles. The fraction of sp³-hybridized carbons (Fsp3) is 0.583. The number of halogens is 2. The van der Waals surface area contributed by atoms with E-state index in [1.54, 1.807) is 0 Å². The third-order valence-corrected chi connectivity index (χ3v) is 4.78. The molecule has 0 saturated carbocycles. The number of unbranched alkanes of at least 4 members (excludes halogenated alkanes) is 1. The quantitative estimate of drug-likeness (QED) is 0.524. The van der Waals surface area contributed by atoms with Crippen molar-refractivity contribution >= 4 is 37.6 Å². The highest BCUT2D eigenvalue weighted by molar-refractivity contribution is 9.10. The van der Waals surface area contributed by atoms with E-state index < -0.39 is 10.0 Å². The second kappa shape index (κ2) is 8.94. The van der Waals surface area contributed by atoms with Crippen LogP contribution in [-0.4, -0.2) is 33.2 Å². The van der Waals surface area contributed by atoms with Gasteiger partial charge in [0, 0.05) is 30.4 Å². The van der Waals surface area contributed by atoms with Gasteiger partial charge in [0.2, 0.25) is 10.0 Å². The highest BCUT2D eigenvalue weighted by Crippen LogP contribution is 2.22. The van der Waals surface area contributed by atoms with Gasteiger partial charge >= 0.3 is 0 Å². The van der Waals surface area contributed by atoms with Crippen molar-refractivity contribution in [1.82, 2.24) is 9.71 Å². The summed E-state index contributed by atoms with van der Waals surface area (Å²) in [4.78, 5) is 3.77. The summed E-state index contributed by atoms with van der Waals surface area (Å²) in [5.41, 5.74) is 0. The monoisotopic (exact) mass is 384 g/mol. The van der Waals surface area contributed by atoms with Crippen molar-refractivity contribution in [2.24, 2.45) is 0 Å². The van der Waals surface area contributed by atoms with E-state index in [1.165, 1.54) is 12.3 Å². The van der Waals surface area contributed by atoms with E-state index in [1.807, 2.05) is 0 Å². The molecular formula is C12H18BrClN2O3S. The lowest BCUT2D eigenvalue weighted by molar-refractivity contribution is 0.130. The predicted octanol–water partition coefficient (Wildman–Crippen LogP) is 2.98. The number of ether oxygens (including phenoxy) is 1. The predicted molar refractivity (Wildman–Crippen MR) is 82.5 cm³/mol. The molecular weight excluding hydrogens is 368 g/mol. The summed E-state index contributed by atoms with van der Waals surface area (Å²) in [5, 5.41) is -0.0418. The van der Waals surface area contributed by atoms with Crippen LogP contribution in [0.2, 0.25) is 5.15 Å². The maximum atomic E-state index is 12.0. The molecule has 114 valence electrons. The van der Waals surface area contributed by atoms with E-state index in [9.17, 15) is 8.42 Å². The molecule has 0 unspecified atom stereocenters. The first-order valence-electron chi connectivity index (χ1n) is 6.36. The smallest absolute Gasteiger partial charge is 0.243 e. The number of hydrogen-bond acceptors (Lipinski definition) is 4. The Bertz CT molecular complexity index is 525. The fourth-order valence-electron chi connectivity index (χ4n) is 1.40. The third kappa shape index (κ3) is 6.05. The Kier molecular flexibility index (Phi) is 7.98. The Balaban J connectivity index is 2.44. The van der Waals surface area contributed by atoms with Gasteiger partial charge in [-0.2, -0.15) is 0 Å². The Morgan fingerprint density at radius 1 is 1.40 bits per heavy atom. The van der Waals surface area contributed by atoms with E-state index in [4.69, 9.17) is 16.3 Å². The van der Waals surface area contributed by atoms with Gasteiger partial charge in [-0.15, -0.1) is 0 Å². The zero-order valence-corrected chi connectivity index (χ0v) is 14.4. The van der Waals surface area contributed by atoms with Gasteiger partial charge in [-0.25, -0.2) is 18.1 Å². The number of nitrogens with one attached hydrogen (secondary N) is 1. The van der Waals surface area contributed by atoms with Crippen molar-refractivity contribution in [3.05, 3.63) is 21.9 Å². The van der Waals surface area contributed by atoms with Crippen LogP contribution in [0, 0.1) is 0 Å². The maximum Gasteiger partial charge on any atom is 0.243 e. The fourth-order valence-corrected chi connectivity index (χ4v) is 3.42. The van der Waals surface area contributed by atoms with Crippen molar-refractivity contribution in [3.8, 4) is 0 Å². The molecule has 0 aliphatic heterocycles. The van der Waals surface area contributed by atoms with Crippen molar-refractivity contribution in [2.45, 2.75) is 31.1 Å². The molecule has 1 rings (SSSR count). The van der Waals surface area contributed by atoms with Gasteiger partial charge in [-0.05, 0) is 34.8 Å². The molecule has 1 heterocycles. The molecule has 0 amide bonds. The first kappa shape index (κ1) is 17.8. The van der Waals surface area contributed by atoms with Gasteiger partial charge in [0.25, 0.3) is 0 Å². The Morgan fingerprint density at radius 3 is 2.80 bits per heavy atom. The van der Waals surface area contributed by atoms with Gasteiger partial charge < -0.3 is 4.74 Å². The molecule has 1 N–H and O–H groups in total. The number of hydrogen-bond donors (Lipinski definition) is 1. The van der Waals surface area contributed by atoms with E-state index in [2.05, 4.69) is 32.6 Å². The van der Waals surface area contributed by atoms with Crippen molar-refractivity contribution in [2.75, 3.05) is 19.8 Å². The van der Waals surface area contributed by atoms with E-state index >= 15 is 0 Å². The highest BCUT2D eigenvalue weighted by Gasteiger charge is 2.18. The minimum Gasteiger partial charge on any atom is -0.381 e. The zero-order valence-electron chi connectivity index (χ0n) is 11.2. The van der Waals surface area contributed by atoms with Crippen LogP contribution in [0.5, 0.6) is 0 Å². The minimum absolute atomic E-state index is 0.0274.